The summed E-state index contributed by atoms with van der Waals surface area (Å²) < 4.78 is 5.18. The number of carbonyl (C=O) groups excluding carboxylic acids is 1. The van der Waals surface area contributed by atoms with Crippen LogP contribution in [0.25, 0.3) is 0 Å². The van der Waals surface area contributed by atoms with Crippen molar-refractivity contribution in [3.63, 3.8) is 0 Å². The Kier molecular flexibility index (Phi) is 5.58. The molecule has 0 aliphatic carbocycles. The van der Waals surface area contributed by atoms with Crippen molar-refractivity contribution >= 4 is 11.6 Å². The molecule has 0 unspecified atom stereocenters. The number of rotatable bonds is 5. The van der Waals surface area contributed by atoms with Crippen molar-refractivity contribution in [1.29, 1.82) is 0 Å². The zero-order valence-corrected chi connectivity index (χ0v) is 16.3. The van der Waals surface area contributed by atoms with E-state index in [1.165, 1.54) is 11.1 Å². The van der Waals surface area contributed by atoms with Crippen LogP contribution in [0.4, 0.5) is 5.69 Å². The summed E-state index contributed by atoms with van der Waals surface area (Å²) in [5.41, 5.74) is 4.12. The molecule has 28 heavy (non-hydrogen) atoms. The maximum absolute atomic E-state index is 13.4. The number of anilines is 1. The molecular weight excluding hydrogens is 348 g/mol. The van der Waals surface area contributed by atoms with Crippen molar-refractivity contribution in [1.82, 2.24) is 4.90 Å². The number of likely N-dealkylation sites (tertiary alicyclic amines) is 1. The number of piperidine rings is 1. The van der Waals surface area contributed by atoms with E-state index in [-0.39, 0.29) is 11.9 Å². The van der Waals surface area contributed by atoms with Crippen LogP contribution in [0.5, 0.6) is 0 Å². The molecule has 1 aromatic heterocycles. The molecular formula is C24H26N2O2. The maximum atomic E-state index is 13.4. The normalized spacial score (nSPS) is 15.5. The summed E-state index contributed by atoms with van der Waals surface area (Å²) in [6.07, 6.45) is 5.46. The van der Waals surface area contributed by atoms with Crippen LogP contribution in [-0.2, 0) is 6.54 Å². The lowest BCUT2D eigenvalue weighted by Gasteiger charge is -2.38. The van der Waals surface area contributed by atoms with Gasteiger partial charge in [0.1, 0.15) is 0 Å². The maximum Gasteiger partial charge on any atom is 0.258 e. The molecule has 4 nitrogen and oxygen atoms in total. The Morgan fingerprint density at radius 1 is 1.04 bits per heavy atom. The van der Waals surface area contributed by atoms with Gasteiger partial charge in [-0.15, -0.1) is 0 Å². The highest BCUT2D eigenvalue weighted by Crippen LogP contribution is 2.27. The van der Waals surface area contributed by atoms with Crippen molar-refractivity contribution in [3.8, 4) is 0 Å². The van der Waals surface area contributed by atoms with E-state index in [1.54, 1.807) is 6.26 Å². The standard InChI is InChI=1S/C24H26N2O2/c1-19-7-9-22(10-8-19)26(24(27)21-5-3-2-4-6-21)23-11-14-25(15-12-23)17-20-13-16-28-18-20/h2-10,13,16,18,23H,11-12,14-15,17H2,1H3. The lowest BCUT2D eigenvalue weighted by molar-refractivity contribution is 0.0958. The van der Waals surface area contributed by atoms with Gasteiger partial charge in [-0.3, -0.25) is 9.69 Å². The smallest absolute Gasteiger partial charge is 0.258 e. The van der Waals surface area contributed by atoms with Crippen LogP contribution in [-0.4, -0.2) is 29.9 Å². The van der Waals surface area contributed by atoms with Gasteiger partial charge in [-0.2, -0.15) is 0 Å². The summed E-state index contributed by atoms with van der Waals surface area (Å²) in [7, 11) is 0. The minimum absolute atomic E-state index is 0.0812. The van der Waals surface area contributed by atoms with Crippen LogP contribution >= 0.6 is 0 Å². The molecule has 0 radical (unpaired) electrons. The van der Waals surface area contributed by atoms with Gasteiger partial charge in [0.25, 0.3) is 5.91 Å². The second kappa shape index (κ2) is 8.44. The van der Waals surface area contributed by atoms with E-state index >= 15 is 0 Å². The molecule has 0 bridgehead atoms. The van der Waals surface area contributed by atoms with Gasteiger partial charge in [-0.05, 0) is 50.1 Å². The topological polar surface area (TPSA) is 36.7 Å². The van der Waals surface area contributed by atoms with Gasteiger partial charge < -0.3 is 9.32 Å². The van der Waals surface area contributed by atoms with Crippen molar-refractivity contribution in [2.45, 2.75) is 32.4 Å². The lowest BCUT2D eigenvalue weighted by Crippen LogP contribution is -2.47. The Balaban J connectivity index is 1.52. The van der Waals surface area contributed by atoms with E-state index in [4.69, 9.17) is 4.42 Å². The van der Waals surface area contributed by atoms with E-state index in [0.717, 1.165) is 43.7 Å². The molecule has 0 N–H and O–H groups in total. The van der Waals surface area contributed by atoms with Crippen LogP contribution in [0, 0.1) is 6.92 Å². The van der Waals surface area contributed by atoms with Crippen molar-refractivity contribution < 1.29 is 9.21 Å². The second-order valence-corrected chi connectivity index (χ2v) is 7.52. The molecule has 0 saturated carbocycles. The summed E-state index contributed by atoms with van der Waals surface area (Å²) in [5.74, 6) is 0.0812. The first kappa shape index (κ1) is 18.5. The predicted molar refractivity (Wildman–Crippen MR) is 111 cm³/mol. The molecule has 0 spiro atoms. The van der Waals surface area contributed by atoms with Crippen LogP contribution in [0.3, 0.4) is 0 Å². The van der Waals surface area contributed by atoms with Gasteiger partial charge in [-0.25, -0.2) is 0 Å². The first-order valence-corrected chi connectivity index (χ1v) is 9.89. The van der Waals surface area contributed by atoms with E-state index in [1.807, 2.05) is 47.6 Å². The van der Waals surface area contributed by atoms with Gasteiger partial charge in [0, 0.05) is 42.5 Å². The fraction of sp³-hybridized carbons (Fsp3) is 0.292. The summed E-state index contributed by atoms with van der Waals surface area (Å²) in [4.78, 5) is 17.8. The summed E-state index contributed by atoms with van der Waals surface area (Å²) in [6, 6.07) is 20.1. The Labute approximate surface area is 166 Å². The Morgan fingerprint density at radius 2 is 1.75 bits per heavy atom. The first-order valence-electron chi connectivity index (χ1n) is 9.89. The number of hydrogen-bond acceptors (Lipinski definition) is 3. The van der Waals surface area contributed by atoms with E-state index in [0.29, 0.717) is 0 Å². The lowest BCUT2D eigenvalue weighted by atomic mass is 10.00. The Hall–Kier alpha value is -2.85. The highest BCUT2D eigenvalue weighted by Gasteiger charge is 2.29. The molecule has 4 heteroatoms. The monoisotopic (exact) mass is 374 g/mol. The molecule has 1 fully saturated rings. The molecule has 1 aliphatic rings. The molecule has 1 aliphatic heterocycles. The summed E-state index contributed by atoms with van der Waals surface area (Å²) >= 11 is 0. The van der Waals surface area contributed by atoms with E-state index in [9.17, 15) is 4.79 Å². The molecule has 144 valence electrons. The third-order valence-corrected chi connectivity index (χ3v) is 5.46. The number of hydrogen-bond donors (Lipinski definition) is 0. The van der Waals surface area contributed by atoms with Gasteiger partial charge >= 0.3 is 0 Å². The van der Waals surface area contributed by atoms with Crippen LogP contribution in [0.2, 0.25) is 0 Å². The molecule has 1 amide bonds. The molecule has 0 atom stereocenters. The zero-order chi connectivity index (χ0) is 19.3. The summed E-state index contributed by atoms with van der Waals surface area (Å²) in [5, 5.41) is 0. The predicted octanol–water partition coefficient (Wildman–Crippen LogP) is 4.90. The first-order chi connectivity index (χ1) is 13.7. The minimum atomic E-state index is 0.0812. The quantitative estimate of drug-likeness (QED) is 0.637. The van der Waals surface area contributed by atoms with Crippen molar-refractivity contribution in [2.24, 2.45) is 0 Å². The average Bonchev–Trinajstić information content (AvgIpc) is 3.24. The molecule has 2 aromatic carbocycles. The third kappa shape index (κ3) is 4.18. The number of amides is 1. The average molecular weight is 374 g/mol. The third-order valence-electron chi connectivity index (χ3n) is 5.46. The van der Waals surface area contributed by atoms with E-state index < -0.39 is 0 Å². The number of aryl methyl sites for hydroxylation is 1. The zero-order valence-electron chi connectivity index (χ0n) is 16.3. The van der Waals surface area contributed by atoms with Gasteiger partial charge in [0.15, 0.2) is 0 Å². The second-order valence-electron chi connectivity index (χ2n) is 7.52. The van der Waals surface area contributed by atoms with Crippen molar-refractivity contribution in [3.05, 3.63) is 89.9 Å². The van der Waals surface area contributed by atoms with Gasteiger partial charge in [-0.1, -0.05) is 35.9 Å². The molecule has 4 rings (SSSR count). The van der Waals surface area contributed by atoms with Crippen LogP contribution < -0.4 is 4.90 Å². The number of benzene rings is 2. The largest absolute Gasteiger partial charge is 0.472 e. The summed E-state index contributed by atoms with van der Waals surface area (Å²) in [6.45, 7) is 4.92. The number of carbonyl (C=O) groups is 1. The Morgan fingerprint density at radius 3 is 2.39 bits per heavy atom. The minimum Gasteiger partial charge on any atom is -0.472 e. The Bertz CT molecular complexity index is 880. The molecule has 1 saturated heterocycles. The number of furan rings is 1. The van der Waals surface area contributed by atoms with Crippen LogP contribution in [0.1, 0.15) is 34.3 Å². The fourth-order valence-electron chi connectivity index (χ4n) is 3.90. The van der Waals surface area contributed by atoms with Crippen molar-refractivity contribution in [2.75, 3.05) is 18.0 Å². The highest BCUT2D eigenvalue weighted by molar-refractivity contribution is 6.06. The fourth-order valence-corrected chi connectivity index (χ4v) is 3.90. The van der Waals surface area contributed by atoms with Gasteiger partial charge in [0.2, 0.25) is 0 Å². The molecule has 3 aromatic rings. The van der Waals surface area contributed by atoms with Gasteiger partial charge in [0.05, 0.1) is 12.5 Å². The molecule has 2 heterocycles. The number of nitrogens with zero attached hydrogens (tertiary/aromatic N) is 2. The van der Waals surface area contributed by atoms with E-state index in [2.05, 4.69) is 36.1 Å². The SMILES string of the molecule is Cc1ccc(N(C(=O)c2ccccc2)C2CCN(Cc3ccoc3)CC2)cc1. The van der Waals surface area contributed by atoms with Crippen LogP contribution in [0.15, 0.2) is 77.6 Å². The highest BCUT2D eigenvalue weighted by atomic mass is 16.3.